The van der Waals surface area contributed by atoms with E-state index in [0.717, 1.165) is 6.04 Å². The quantitative estimate of drug-likeness (QED) is 0.736. The van der Waals surface area contributed by atoms with Crippen molar-refractivity contribution in [3.63, 3.8) is 0 Å². The molecule has 0 amide bonds. The Morgan fingerprint density at radius 3 is 2.06 bits per heavy atom. The Kier molecular flexibility index (Phi) is 3.32. The highest BCUT2D eigenvalue weighted by Crippen LogP contribution is 2.50. The number of nitrogens with zero attached hydrogens (tertiary/aromatic N) is 2. The molecule has 2 fully saturated rings. The molecule has 1 atom stereocenters. The Bertz CT molecular complexity index is 259. The Labute approximate surface area is 103 Å². The lowest BCUT2D eigenvalue weighted by molar-refractivity contribution is 0.229. The van der Waals surface area contributed by atoms with Gasteiger partial charge in [0.05, 0.1) is 0 Å². The molecule has 0 radical (unpaired) electrons. The molecule has 2 rings (SSSR count). The van der Waals surface area contributed by atoms with E-state index in [1.807, 2.05) is 0 Å². The molecule has 0 saturated carbocycles. The molecule has 3 heteroatoms. The van der Waals surface area contributed by atoms with Gasteiger partial charge in [-0.3, -0.25) is 4.31 Å². The second-order valence-corrected chi connectivity index (χ2v) is 10.8. The first-order valence-corrected chi connectivity index (χ1v) is 9.31. The van der Waals surface area contributed by atoms with Gasteiger partial charge in [0.15, 0.2) is 0 Å². The highest BCUT2D eigenvalue weighted by Gasteiger charge is 2.45. The van der Waals surface area contributed by atoms with Crippen LogP contribution in [0, 0.1) is 5.41 Å². The van der Waals surface area contributed by atoms with Gasteiger partial charge in [0.25, 0.3) is 0 Å². The average molecular weight is 244 g/mol. The van der Waals surface area contributed by atoms with Gasteiger partial charge in [0.1, 0.15) is 0 Å². The molecule has 2 heterocycles. The molecular weight excluding hydrogens is 216 g/mol. The molecule has 96 valence electrons. The molecule has 1 spiro atoms. The summed E-state index contributed by atoms with van der Waals surface area (Å²) in [6.45, 7) is 10.0. The van der Waals surface area contributed by atoms with E-state index in [1.54, 1.807) is 0 Å². The van der Waals surface area contributed by atoms with Gasteiger partial charge in [0, 0.05) is 25.7 Å². The molecular formula is C13H28N2S. The zero-order chi connectivity index (χ0) is 12.0. The summed E-state index contributed by atoms with van der Waals surface area (Å²) in [6.07, 6.45) is 10.2. The van der Waals surface area contributed by atoms with Crippen LogP contribution in [0.15, 0.2) is 0 Å². The van der Waals surface area contributed by atoms with Gasteiger partial charge < -0.3 is 4.90 Å². The van der Waals surface area contributed by atoms with Crippen LogP contribution in [0.2, 0.25) is 0 Å². The van der Waals surface area contributed by atoms with Gasteiger partial charge in [-0.25, -0.2) is 0 Å². The van der Waals surface area contributed by atoms with Crippen molar-refractivity contribution in [2.45, 2.75) is 32.7 Å². The van der Waals surface area contributed by atoms with E-state index < -0.39 is 10.2 Å². The molecule has 0 bridgehead atoms. The molecule has 0 aliphatic carbocycles. The third kappa shape index (κ3) is 2.41. The van der Waals surface area contributed by atoms with E-state index in [0.29, 0.717) is 5.41 Å². The predicted molar refractivity (Wildman–Crippen MR) is 75.3 cm³/mol. The Balaban J connectivity index is 1.98. The third-order valence-electron chi connectivity index (χ3n) is 4.38. The minimum atomic E-state index is -0.489. The summed E-state index contributed by atoms with van der Waals surface area (Å²) >= 11 is 0. The van der Waals surface area contributed by atoms with E-state index >= 15 is 0 Å². The first-order chi connectivity index (χ1) is 7.32. The molecule has 16 heavy (non-hydrogen) atoms. The fourth-order valence-electron chi connectivity index (χ4n) is 3.11. The van der Waals surface area contributed by atoms with Crippen molar-refractivity contribution in [1.82, 2.24) is 9.21 Å². The zero-order valence-electron chi connectivity index (χ0n) is 11.6. The number of hydrogen-bond acceptors (Lipinski definition) is 2. The van der Waals surface area contributed by atoms with Gasteiger partial charge in [0.2, 0.25) is 0 Å². The molecule has 2 aliphatic rings. The van der Waals surface area contributed by atoms with Crippen LogP contribution in [0.4, 0.5) is 0 Å². The molecule has 1 unspecified atom stereocenters. The third-order valence-corrected chi connectivity index (χ3v) is 6.24. The van der Waals surface area contributed by atoms with Gasteiger partial charge >= 0.3 is 0 Å². The van der Waals surface area contributed by atoms with E-state index in [9.17, 15) is 0 Å². The van der Waals surface area contributed by atoms with Crippen molar-refractivity contribution >= 4 is 10.2 Å². The number of rotatable bonds is 2. The summed E-state index contributed by atoms with van der Waals surface area (Å²) in [6, 6.07) is 0.732. The van der Waals surface area contributed by atoms with Crippen LogP contribution in [0.3, 0.4) is 0 Å². The van der Waals surface area contributed by atoms with E-state index in [4.69, 9.17) is 0 Å². The van der Waals surface area contributed by atoms with Crippen LogP contribution in [0.1, 0.15) is 26.7 Å². The van der Waals surface area contributed by atoms with Crippen LogP contribution < -0.4 is 0 Å². The van der Waals surface area contributed by atoms with Gasteiger partial charge in [-0.1, -0.05) is 0 Å². The standard InChI is InChI=1S/C13H28N2S/c1-12(2)14-8-6-13(10-14)7-9-15(11-13)16(3,4)5/h12H,6-11H2,1-5H3. The van der Waals surface area contributed by atoms with Gasteiger partial charge in [-0.2, -0.15) is 10.2 Å². The van der Waals surface area contributed by atoms with Crippen molar-refractivity contribution < 1.29 is 0 Å². The topological polar surface area (TPSA) is 6.48 Å². The molecule has 2 nitrogen and oxygen atoms in total. The van der Waals surface area contributed by atoms with Crippen LogP contribution in [0.5, 0.6) is 0 Å². The Hall–Kier alpha value is 0.270. The minimum Gasteiger partial charge on any atom is -0.300 e. The lowest BCUT2D eigenvalue weighted by atomic mass is 9.86. The van der Waals surface area contributed by atoms with Gasteiger partial charge in [-0.05, 0) is 57.4 Å². The lowest BCUT2D eigenvalue weighted by Gasteiger charge is -2.38. The highest BCUT2D eigenvalue weighted by atomic mass is 32.3. The maximum atomic E-state index is 2.76. The predicted octanol–water partition coefficient (Wildman–Crippen LogP) is 2.40. The largest absolute Gasteiger partial charge is 0.300 e. The molecule has 0 aromatic rings. The van der Waals surface area contributed by atoms with Gasteiger partial charge in [-0.15, -0.1) is 0 Å². The SMILES string of the molecule is CC(C)N1CCC2(CCN(S(C)(C)C)C2)C1. The first kappa shape index (κ1) is 12.7. The van der Waals surface area contributed by atoms with Crippen LogP contribution >= 0.6 is 10.2 Å². The zero-order valence-corrected chi connectivity index (χ0v) is 12.4. The normalized spacial score (nSPS) is 34.4. The van der Waals surface area contributed by atoms with E-state index in [2.05, 4.69) is 41.8 Å². The van der Waals surface area contributed by atoms with Crippen LogP contribution in [-0.2, 0) is 0 Å². The lowest BCUT2D eigenvalue weighted by Crippen LogP contribution is -2.34. The van der Waals surface area contributed by atoms with Crippen molar-refractivity contribution in [2.24, 2.45) is 5.41 Å². The molecule has 0 aromatic heterocycles. The van der Waals surface area contributed by atoms with Crippen molar-refractivity contribution in [3.05, 3.63) is 0 Å². The fourth-order valence-corrected chi connectivity index (χ4v) is 4.41. The summed E-state index contributed by atoms with van der Waals surface area (Å²) in [4.78, 5) is 2.67. The highest BCUT2D eigenvalue weighted by molar-refractivity contribution is 8.30. The smallest absolute Gasteiger partial charge is 0.0144 e. The van der Waals surface area contributed by atoms with Crippen LogP contribution in [-0.4, -0.2) is 60.2 Å². The van der Waals surface area contributed by atoms with E-state index in [1.165, 1.54) is 39.0 Å². The molecule has 2 saturated heterocycles. The number of likely N-dealkylation sites (tertiary alicyclic amines) is 1. The van der Waals surface area contributed by atoms with Crippen LogP contribution in [0.25, 0.3) is 0 Å². The summed E-state index contributed by atoms with van der Waals surface area (Å²) in [5, 5.41) is 0. The number of hydrogen-bond donors (Lipinski definition) is 0. The van der Waals surface area contributed by atoms with Crippen molar-refractivity contribution in [2.75, 3.05) is 44.9 Å². The summed E-state index contributed by atoms with van der Waals surface area (Å²) in [5.41, 5.74) is 0.643. The van der Waals surface area contributed by atoms with Crippen molar-refractivity contribution in [3.8, 4) is 0 Å². The Morgan fingerprint density at radius 2 is 1.62 bits per heavy atom. The monoisotopic (exact) mass is 244 g/mol. The summed E-state index contributed by atoms with van der Waals surface area (Å²) in [5.74, 6) is 0. The maximum Gasteiger partial charge on any atom is 0.0144 e. The minimum absolute atomic E-state index is 0.489. The second kappa shape index (κ2) is 4.18. The second-order valence-electron chi connectivity index (χ2n) is 6.70. The Morgan fingerprint density at radius 1 is 1.00 bits per heavy atom. The molecule has 0 aromatic carbocycles. The summed E-state index contributed by atoms with van der Waals surface area (Å²) in [7, 11) is -0.489. The maximum absolute atomic E-state index is 2.76. The fraction of sp³-hybridized carbons (Fsp3) is 1.00. The summed E-state index contributed by atoms with van der Waals surface area (Å²) < 4.78 is 2.76. The average Bonchev–Trinajstić information content (AvgIpc) is 2.73. The molecule has 2 aliphatic heterocycles. The molecule has 0 N–H and O–H groups in total. The van der Waals surface area contributed by atoms with E-state index in [-0.39, 0.29) is 0 Å². The van der Waals surface area contributed by atoms with Crippen molar-refractivity contribution in [1.29, 1.82) is 0 Å². The first-order valence-electron chi connectivity index (χ1n) is 6.50.